The van der Waals surface area contributed by atoms with Crippen LogP contribution in [0.25, 0.3) is 0 Å². The van der Waals surface area contributed by atoms with E-state index in [1.807, 2.05) is 26.0 Å². The molecule has 0 amide bonds. The monoisotopic (exact) mass is 308 g/mol. The van der Waals surface area contributed by atoms with Gasteiger partial charge in [-0.3, -0.25) is 4.31 Å². The molecule has 0 radical (unpaired) electrons. The molecular formula is C15H20N2O3S. The average Bonchev–Trinajstić information content (AvgIpc) is 2.88. The molecule has 1 aromatic heterocycles. The number of nitrogens with one attached hydrogen (secondary N) is 1. The van der Waals surface area contributed by atoms with Gasteiger partial charge < -0.3 is 9.73 Å². The van der Waals surface area contributed by atoms with Gasteiger partial charge in [0.25, 0.3) is 10.0 Å². The number of furan rings is 1. The largest absolute Gasteiger partial charge is 0.446 e. The van der Waals surface area contributed by atoms with Crippen LogP contribution in [0.5, 0.6) is 0 Å². The Bertz CT molecular complexity index is 735. The van der Waals surface area contributed by atoms with E-state index in [9.17, 15) is 8.42 Å². The van der Waals surface area contributed by atoms with Gasteiger partial charge in [0, 0.05) is 7.05 Å². The second kappa shape index (κ2) is 5.91. The number of hydrogen-bond acceptors (Lipinski definition) is 4. The van der Waals surface area contributed by atoms with E-state index in [4.69, 9.17) is 4.42 Å². The second-order valence-electron chi connectivity index (χ2n) is 5.01. The molecule has 1 N–H and O–H groups in total. The number of anilines is 1. The van der Waals surface area contributed by atoms with Gasteiger partial charge in [0.05, 0.1) is 12.2 Å². The summed E-state index contributed by atoms with van der Waals surface area (Å²) in [6.45, 7) is 4.35. The molecule has 1 aromatic carbocycles. The van der Waals surface area contributed by atoms with Crippen molar-refractivity contribution in [1.82, 2.24) is 5.32 Å². The quantitative estimate of drug-likeness (QED) is 0.921. The molecule has 0 saturated heterocycles. The maximum atomic E-state index is 12.6. The molecule has 21 heavy (non-hydrogen) atoms. The number of rotatable bonds is 5. The summed E-state index contributed by atoms with van der Waals surface area (Å²) in [5, 5.41) is 2.88. The van der Waals surface area contributed by atoms with Gasteiger partial charge in [0.1, 0.15) is 5.76 Å². The van der Waals surface area contributed by atoms with Crippen molar-refractivity contribution in [3.05, 3.63) is 47.2 Å². The third-order valence-corrected chi connectivity index (χ3v) is 4.94. The van der Waals surface area contributed by atoms with Crippen LogP contribution in [0.1, 0.15) is 16.9 Å². The Kier molecular flexibility index (Phi) is 4.39. The molecule has 114 valence electrons. The summed E-state index contributed by atoms with van der Waals surface area (Å²) >= 11 is 0. The first-order chi connectivity index (χ1) is 9.86. The van der Waals surface area contributed by atoms with Gasteiger partial charge in [-0.25, -0.2) is 0 Å². The van der Waals surface area contributed by atoms with E-state index >= 15 is 0 Å². The van der Waals surface area contributed by atoms with Crippen LogP contribution >= 0.6 is 0 Å². The third kappa shape index (κ3) is 3.11. The Balaban J connectivity index is 2.37. The highest BCUT2D eigenvalue weighted by Gasteiger charge is 2.25. The predicted octanol–water partition coefficient (Wildman–Crippen LogP) is 2.44. The molecule has 0 aliphatic rings. The van der Waals surface area contributed by atoms with Crippen molar-refractivity contribution in [2.45, 2.75) is 25.5 Å². The molecule has 6 heteroatoms. The molecule has 0 bridgehead atoms. The zero-order valence-corrected chi connectivity index (χ0v) is 13.5. The highest BCUT2D eigenvalue weighted by molar-refractivity contribution is 7.92. The molecule has 5 nitrogen and oxygen atoms in total. The van der Waals surface area contributed by atoms with Crippen LogP contribution in [-0.2, 0) is 16.6 Å². The summed E-state index contributed by atoms with van der Waals surface area (Å²) in [6.07, 6.45) is 0. The summed E-state index contributed by atoms with van der Waals surface area (Å²) in [7, 11) is -0.375. The Morgan fingerprint density at radius 2 is 1.90 bits per heavy atom. The fraction of sp³-hybridized carbons (Fsp3) is 0.333. The first-order valence-corrected chi connectivity index (χ1v) is 8.09. The fourth-order valence-electron chi connectivity index (χ4n) is 2.19. The van der Waals surface area contributed by atoms with Crippen molar-refractivity contribution < 1.29 is 12.8 Å². The average molecular weight is 308 g/mol. The van der Waals surface area contributed by atoms with Gasteiger partial charge >= 0.3 is 0 Å². The van der Waals surface area contributed by atoms with E-state index in [0.29, 0.717) is 18.0 Å². The van der Waals surface area contributed by atoms with Crippen molar-refractivity contribution in [2.24, 2.45) is 0 Å². The minimum absolute atomic E-state index is 0.0461. The lowest BCUT2D eigenvalue weighted by molar-refractivity contribution is 0.407. The Morgan fingerprint density at radius 1 is 1.19 bits per heavy atom. The van der Waals surface area contributed by atoms with E-state index in [0.717, 1.165) is 11.1 Å². The summed E-state index contributed by atoms with van der Waals surface area (Å²) in [6, 6.07) is 8.81. The Morgan fingerprint density at radius 3 is 2.52 bits per heavy atom. The van der Waals surface area contributed by atoms with E-state index < -0.39 is 10.0 Å². The third-order valence-electron chi connectivity index (χ3n) is 3.29. The number of nitrogens with zero attached hydrogens (tertiary/aromatic N) is 1. The smallest absolute Gasteiger partial charge is 0.297 e. The lowest BCUT2D eigenvalue weighted by Crippen LogP contribution is -2.26. The topological polar surface area (TPSA) is 62.6 Å². The van der Waals surface area contributed by atoms with Gasteiger partial charge in [-0.15, -0.1) is 0 Å². The maximum Gasteiger partial charge on any atom is 0.297 e. The molecule has 0 aliphatic heterocycles. The van der Waals surface area contributed by atoms with Crippen LogP contribution in [-0.4, -0.2) is 22.5 Å². The van der Waals surface area contributed by atoms with Gasteiger partial charge in [-0.1, -0.05) is 17.7 Å². The van der Waals surface area contributed by atoms with Crippen LogP contribution in [0.15, 0.2) is 39.8 Å². The molecule has 0 aliphatic carbocycles. The number of benzene rings is 1. The molecule has 2 rings (SSSR count). The van der Waals surface area contributed by atoms with Gasteiger partial charge in [0.15, 0.2) is 0 Å². The minimum atomic E-state index is -3.69. The fourth-order valence-corrected chi connectivity index (χ4v) is 3.38. The molecule has 0 fully saturated rings. The van der Waals surface area contributed by atoms with Crippen molar-refractivity contribution in [3.8, 4) is 0 Å². The number of aryl methyl sites for hydroxylation is 2. The zero-order valence-electron chi connectivity index (χ0n) is 12.7. The van der Waals surface area contributed by atoms with Crippen LogP contribution in [0.2, 0.25) is 0 Å². The first-order valence-electron chi connectivity index (χ1n) is 6.65. The molecule has 0 spiro atoms. The van der Waals surface area contributed by atoms with Crippen LogP contribution in [0.4, 0.5) is 5.69 Å². The van der Waals surface area contributed by atoms with E-state index in [1.165, 1.54) is 17.4 Å². The Hall–Kier alpha value is -1.79. The van der Waals surface area contributed by atoms with Crippen molar-refractivity contribution in [3.63, 3.8) is 0 Å². The van der Waals surface area contributed by atoms with E-state index in [-0.39, 0.29) is 5.09 Å². The van der Waals surface area contributed by atoms with Gasteiger partial charge in [-0.05, 0) is 44.7 Å². The predicted molar refractivity (Wildman–Crippen MR) is 83.0 cm³/mol. The lowest BCUT2D eigenvalue weighted by Gasteiger charge is -2.20. The normalized spacial score (nSPS) is 11.6. The molecule has 1 heterocycles. The lowest BCUT2D eigenvalue weighted by atomic mass is 10.1. The first kappa shape index (κ1) is 15.6. The second-order valence-corrected chi connectivity index (χ2v) is 6.91. The summed E-state index contributed by atoms with van der Waals surface area (Å²) in [5.41, 5.74) is 2.64. The van der Waals surface area contributed by atoms with Crippen LogP contribution in [0.3, 0.4) is 0 Å². The summed E-state index contributed by atoms with van der Waals surface area (Å²) in [5.74, 6) is 0.588. The molecule has 0 unspecified atom stereocenters. The highest BCUT2D eigenvalue weighted by Crippen LogP contribution is 2.26. The molecule has 2 aromatic rings. The summed E-state index contributed by atoms with van der Waals surface area (Å²) < 4.78 is 31.9. The molecule has 0 saturated carbocycles. The van der Waals surface area contributed by atoms with Crippen LogP contribution in [0, 0.1) is 13.8 Å². The van der Waals surface area contributed by atoms with Gasteiger partial charge in [-0.2, -0.15) is 8.42 Å². The summed E-state index contributed by atoms with van der Waals surface area (Å²) in [4.78, 5) is 0. The molecule has 0 atom stereocenters. The maximum absolute atomic E-state index is 12.6. The zero-order chi connectivity index (χ0) is 15.6. The number of hydrogen-bond donors (Lipinski definition) is 1. The van der Waals surface area contributed by atoms with Crippen molar-refractivity contribution in [1.29, 1.82) is 0 Å². The van der Waals surface area contributed by atoms with Crippen molar-refractivity contribution in [2.75, 3.05) is 18.4 Å². The SMILES string of the molecule is CNCc1ccc(S(=O)(=O)N(C)c2ccc(C)cc2C)o1. The number of sulfonamides is 1. The van der Waals surface area contributed by atoms with Gasteiger partial charge in [0.2, 0.25) is 5.09 Å². The highest BCUT2D eigenvalue weighted by atomic mass is 32.2. The Labute approximate surface area is 125 Å². The van der Waals surface area contributed by atoms with Crippen LogP contribution < -0.4 is 9.62 Å². The minimum Gasteiger partial charge on any atom is -0.446 e. The standard InChI is InChI=1S/C15H20N2O3S/c1-11-5-7-14(12(2)9-11)17(4)21(18,19)15-8-6-13(20-15)10-16-3/h5-9,16H,10H2,1-4H3. The molecular weight excluding hydrogens is 288 g/mol. The van der Waals surface area contributed by atoms with E-state index in [1.54, 1.807) is 19.2 Å². The van der Waals surface area contributed by atoms with E-state index in [2.05, 4.69) is 5.32 Å². The van der Waals surface area contributed by atoms with Crippen molar-refractivity contribution >= 4 is 15.7 Å².